The lowest BCUT2D eigenvalue weighted by atomic mass is 9.92. The van der Waals surface area contributed by atoms with Crippen LogP contribution in [-0.2, 0) is 4.74 Å². The molecular formula is C16H30ClNO2. The minimum absolute atomic E-state index is 0. The lowest BCUT2D eigenvalue weighted by Crippen LogP contribution is -2.44. The maximum absolute atomic E-state index is 10.1. The van der Waals surface area contributed by atoms with Crippen LogP contribution in [0.2, 0.25) is 0 Å². The molecule has 1 N–H and O–H groups in total. The molecule has 1 heterocycles. The predicted molar refractivity (Wildman–Crippen MR) is 86.1 cm³/mol. The van der Waals surface area contributed by atoms with Crippen molar-refractivity contribution in [1.82, 2.24) is 4.90 Å². The third-order valence-electron chi connectivity index (χ3n) is 3.99. The third-order valence-corrected chi connectivity index (χ3v) is 3.99. The van der Waals surface area contributed by atoms with Gasteiger partial charge in [0.05, 0.1) is 12.7 Å². The number of hydrogen-bond acceptors (Lipinski definition) is 3. The molecule has 1 aliphatic heterocycles. The summed E-state index contributed by atoms with van der Waals surface area (Å²) in [5.41, 5.74) is -0.552. The van der Waals surface area contributed by atoms with E-state index >= 15 is 0 Å². The zero-order chi connectivity index (χ0) is 14.5. The number of nitrogens with zero attached hydrogens (tertiary/aromatic N) is 1. The highest BCUT2D eigenvalue weighted by Crippen LogP contribution is 2.21. The van der Waals surface area contributed by atoms with Crippen LogP contribution in [0.25, 0.3) is 0 Å². The molecule has 3 nitrogen and oxygen atoms in total. The zero-order valence-corrected chi connectivity index (χ0v) is 14.1. The smallest absolute Gasteiger partial charge is 0.125 e. The Morgan fingerprint density at radius 2 is 1.95 bits per heavy atom. The summed E-state index contributed by atoms with van der Waals surface area (Å²) in [6, 6.07) is 0. The van der Waals surface area contributed by atoms with Gasteiger partial charge in [0, 0.05) is 19.6 Å². The normalized spacial score (nSPS) is 28.0. The van der Waals surface area contributed by atoms with Crippen molar-refractivity contribution >= 4 is 12.4 Å². The number of aliphatic hydroxyl groups is 1. The van der Waals surface area contributed by atoms with Crippen LogP contribution in [0, 0.1) is 24.2 Å². The molecule has 1 rings (SSSR count). The highest BCUT2D eigenvalue weighted by atomic mass is 35.5. The van der Waals surface area contributed by atoms with Gasteiger partial charge in [-0.3, -0.25) is 0 Å². The zero-order valence-electron chi connectivity index (χ0n) is 13.3. The summed E-state index contributed by atoms with van der Waals surface area (Å²) in [6.45, 7) is 11.6. The number of hydrogen-bond donors (Lipinski definition) is 1. The number of likely N-dealkylation sites (tertiary alicyclic amines) is 1. The van der Waals surface area contributed by atoms with E-state index in [2.05, 4.69) is 24.7 Å². The third kappa shape index (κ3) is 6.45. The lowest BCUT2D eigenvalue weighted by Gasteiger charge is -2.36. The van der Waals surface area contributed by atoms with Gasteiger partial charge in [-0.15, -0.1) is 18.8 Å². The monoisotopic (exact) mass is 303 g/mol. The standard InChI is InChI=1S/C16H29NO2.ClH/c1-6-16(5,7-2)19-12-15(18)11-17-9-13(3)8-14(4)10-17;/h1,13-15,18H,7-12H2,2-5H3;1H. The van der Waals surface area contributed by atoms with Crippen molar-refractivity contribution in [2.45, 2.75) is 52.2 Å². The fraction of sp³-hybridized carbons (Fsp3) is 0.875. The Balaban J connectivity index is 0.00000361. The van der Waals surface area contributed by atoms with Crippen molar-refractivity contribution in [2.75, 3.05) is 26.2 Å². The van der Waals surface area contributed by atoms with E-state index in [9.17, 15) is 5.11 Å². The Morgan fingerprint density at radius 3 is 2.40 bits per heavy atom. The fourth-order valence-electron chi connectivity index (χ4n) is 2.82. The second-order valence-corrected chi connectivity index (χ2v) is 6.36. The molecule has 4 heteroatoms. The molecule has 0 radical (unpaired) electrons. The van der Waals surface area contributed by atoms with E-state index in [1.165, 1.54) is 6.42 Å². The molecule has 1 saturated heterocycles. The van der Waals surface area contributed by atoms with Gasteiger partial charge in [-0.1, -0.05) is 26.7 Å². The Morgan fingerprint density at radius 1 is 1.40 bits per heavy atom. The molecule has 4 atom stereocenters. The van der Waals surface area contributed by atoms with Gasteiger partial charge in [0.2, 0.25) is 0 Å². The molecule has 4 unspecified atom stereocenters. The molecule has 0 aromatic rings. The second-order valence-electron chi connectivity index (χ2n) is 6.36. The number of terminal acetylenes is 1. The summed E-state index contributed by atoms with van der Waals surface area (Å²) in [6.07, 6.45) is 7.04. The molecule has 0 aromatic carbocycles. The number of rotatable bonds is 6. The summed E-state index contributed by atoms with van der Waals surface area (Å²) in [4.78, 5) is 2.34. The maximum atomic E-state index is 10.1. The first kappa shape index (κ1) is 19.7. The molecular weight excluding hydrogens is 274 g/mol. The molecule has 0 saturated carbocycles. The van der Waals surface area contributed by atoms with Gasteiger partial charge in [0.15, 0.2) is 0 Å². The number of piperidine rings is 1. The van der Waals surface area contributed by atoms with E-state index in [-0.39, 0.29) is 12.4 Å². The highest BCUT2D eigenvalue weighted by Gasteiger charge is 2.25. The van der Waals surface area contributed by atoms with Gasteiger partial charge >= 0.3 is 0 Å². The van der Waals surface area contributed by atoms with Crippen LogP contribution in [0.4, 0.5) is 0 Å². The summed E-state index contributed by atoms with van der Waals surface area (Å²) < 4.78 is 5.67. The van der Waals surface area contributed by atoms with Crippen molar-refractivity contribution in [2.24, 2.45) is 11.8 Å². The average molecular weight is 304 g/mol. The predicted octanol–water partition coefficient (Wildman–Crippen LogP) is 2.57. The van der Waals surface area contributed by atoms with Gasteiger partial charge < -0.3 is 14.7 Å². The first-order valence-electron chi connectivity index (χ1n) is 7.40. The van der Waals surface area contributed by atoms with Gasteiger partial charge in [0.25, 0.3) is 0 Å². The van der Waals surface area contributed by atoms with Crippen molar-refractivity contribution in [3.05, 3.63) is 0 Å². The first-order chi connectivity index (χ1) is 8.88. The van der Waals surface area contributed by atoms with E-state index < -0.39 is 11.7 Å². The van der Waals surface area contributed by atoms with E-state index in [0.717, 1.165) is 19.5 Å². The van der Waals surface area contributed by atoms with E-state index in [1.54, 1.807) is 0 Å². The van der Waals surface area contributed by atoms with E-state index in [1.807, 2.05) is 13.8 Å². The van der Waals surface area contributed by atoms with Gasteiger partial charge in [-0.05, 0) is 31.6 Å². The fourth-order valence-corrected chi connectivity index (χ4v) is 2.82. The summed E-state index contributed by atoms with van der Waals surface area (Å²) >= 11 is 0. The van der Waals surface area contributed by atoms with Crippen molar-refractivity contribution in [3.63, 3.8) is 0 Å². The van der Waals surface area contributed by atoms with E-state index in [0.29, 0.717) is 25.0 Å². The van der Waals surface area contributed by atoms with Crippen molar-refractivity contribution in [1.29, 1.82) is 0 Å². The molecule has 0 aliphatic carbocycles. The van der Waals surface area contributed by atoms with Crippen LogP contribution in [-0.4, -0.2) is 48.0 Å². The highest BCUT2D eigenvalue weighted by molar-refractivity contribution is 5.85. The summed E-state index contributed by atoms with van der Waals surface area (Å²) in [7, 11) is 0. The molecule has 20 heavy (non-hydrogen) atoms. The molecule has 1 aliphatic rings. The van der Waals surface area contributed by atoms with Crippen molar-refractivity contribution < 1.29 is 9.84 Å². The van der Waals surface area contributed by atoms with Crippen LogP contribution in [0.15, 0.2) is 0 Å². The molecule has 0 bridgehead atoms. The number of ether oxygens (including phenoxy) is 1. The summed E-state index contributed by atoms with van der Waals surface area (Å²) in [5, 5.41) is 10.1. The number of halogens is 1. The van der Waals surface area contributed by atoms with Crippen LogP contribution in [0.1, 0.15) is 40.5 Å². The minimum Gasteiger partial charge on any atom is -0.389 e. The Bertz CT molecular complexity index is 308. The molecule has 118 valence electrons. The van der Waals surface area contributed by atoms with E-state index in [4.69, 9.17) is 11.2 Å². The minimum atomic E-state index is -0.552. The van der Waals surface area contributed by atoms with Crippen LogP contribution < -0.4 is 0 Å². The average Bonchev–Trinajstić information content (AvgIpc) is 2.35. The number of aliphatic hydroxyl groups excluding tert-OH is 1. The Hall–Kier alpha value is -0.270. The Kier molecular flexibility index (Phi) is 8.77. The Labute approximate surface area is 130 Å². The van der Waals surface area contributed by atoms with Crippen LogP contribution in [0.5, 0.6) is 0 Å². The molecule has 0 amide bonds. The van der Waals surface area contributed by atoms with Gasteiger partial charge in [-0.25, -0.2) is 0 Å². The second kappa shape index (κ2) is 8.89. The molecule has 0 spiro atoms. The summed E-state index contributed by atoms with van der Waals surface area (Å²) in [5.74, 6) is 4.08. The maximum Gasteiger partial charge on any atom is 0.125 e. The quantitative estimate of drug-likeness (QED) is 0.766. The van der Waals surface area contributed by atoms with Crippen LogP contribution >= 0.6 is 12.4 Å². The van der Waals surface area contributed by atoms with Gasteiger partial charge in [-0.2, -0.15) is 0 Å². The van der Waals surface area contributed by atoms with Gasteiger partial charge in [0.1, 0.15) is 5.60 Å². The largest absolute Gasteiger partial charge is 0.389 e. The molecule has 1 fully saturated rings. The first-order valence-corrected chi connectivity index (χ1v) is 7.40. The topological polar surface area (TPSA) is 32.7 Å². The lowest BCUT2D eigenvalue weighted by molar-refractivity contribution is -0.0511. The molecule has 0 aromatic heterocycles. The SMILES string of the molecule is C#CC(C)(CC)OCC(O)CN1CC(C)CC(C)C1.Cl. The number of β-amino-alcohol motifs (C(OH)–C–C–N with tert-alkyl or cyclic N) is 1. The van der Waals surface area contributed by atoms with Crippen molar-refractivity contribution in [3.8, 4) is 12.3 Å². The van der Waals surface area contributed by atoms with Crippen LogP contribution in [0.3, 0.4) is 0 Å².